The van der Waals surface area contributed by atoms with Crippen LogP contribution in [0.15, 0.2) is 30.3 Å². The van der Waals surface area contributed by atoms with Crippen molar-refractivity contribution in [1.29, 1.82) is 0 Å². The second kappa shape index (κ2) is 11.1. The van der Waals surface area contributed by atoms with Gasteiger partial charge in [0.25, 0.3) is 0 Å². The van der Waals surface area contributed by atoms with Gasteiger partial charge in [-0.3, -0.25) is 0 Å². The Bertz CT molecular complexity index is 303. The molecule has 0 saturated carbocycles. The SMILES string of the molecule is CCCCCCCCCCOB(O)c1ccccc1. The lowest BCUT2D eigenvalue weighted by molar-refractivity contribution is 0.261. The fourth-order valence-corrected chi connectivity index (χ4v) is 2.14. The van der Waals surface area contributed by atoms with Crippen molar-refractivity contribution in [2.75, 3.05) is 6.61 Å². The van der Waals surface area contributed by atoms with Crippen molar-refractivity contribution < 1.29 is 9.68 Å². The molecule has 0 aliphatic heterocycles. The van der Waals surface area contributed by atoms with Crippen LogP contribution in [0.1, 0.15) is 58.3 Å². The van der Waals surface area contributed by atoms with Crippen LogP contribution in [0, 0.1) is 0 Å². The van der Waals surface area contributed by atoms with Crippen molar-refractivity contribution in [1.82, 2.24) is 0 Å². The molecule has 0 aromatic heterocycles. The number of rotatable bonds is 11. The first-order valence-electron chi connectivity index (χ1n) is 7.69. The van der Waals surface area contributed by atoms with Crippen molar-refractivity contribution in [2.24, 2.45) is 0 Å². The van der Waals surface area contributed by atoms with E-state index < -0.39 is 7.12 Å². The molecule has 106 valence electrons. The monoisotopic (exact) mass is 262 g/mol. The first-order valence-corrected chi connectivity index (χ1v) is 7.69. The summed E-state index contributed by atoms with van der Waals surface area (Å²) in [7, 11) is -0.772. The van der Waals surface area contributed by atoms with Crippen molar-refractivity contribution in [2.45, 2.75) is 58.3 Å². The standard InChI is InChI=1S/C16H27BO2/c1-2-3-4-5-6-7-8-12-15-19-17(18)16-13-10-9-11-14-16/h9-11,13-14,18H,2-8,12,15H2,1H3. The molecule has 0 bridgehead atoms. The molecule has 1 rings (SSSR count). The predicted molar refractivity (Wildman–Crippen MR) is 82.6 cm³/mol. The zero-order chi connectivity index (χ0) is 13.8. The maximum atomic E-state index is 9.80. The first-order chi connectivity index (χ1) is 9.34. The molecule has 1 aromatic carbocycles. The van der Waals surface area contributed by atoms with E-state index in [1.807, 2.05) is 30.3 Å². The zero-order valence-corrected chi connectivity index (χ0v) is 12.2. The highest BCUT2D eigenvalue weighted by atomic mass is 16.5. The topological polar surface area (TPSA) is 29.5 Å². The van der Waals surface area contributed by atoms with Gasteiger partial charge in [0.1, 0.15) is 0 Å². The van der Waals surface area contributed by atoms with Crippen LogP contribution < -0.4 is 5.46 Å². The summed E-state index contributed by atoms with van der Waals surface area (Å²) in [6.45, 7) is 2.89. The third-order valence-corrected chi connectivity index (χ3v) is 3.36. The Morgan fingerprint density at radius 1 is 0.895 bits per heavy atom. The highest BCUT2D eigenvalue weighted by molar-refractivity contribution is 6.59. The Morgan fingerprint density at radius 2 is 1.47 bits per heavy atom. The molecule has 0 radical (unpaired) electrons. The highest BCUT2D eigenvalue weighted by Crippen LogP contribution is 2.08. The number of hydrogen-bond acceptors (Lipinski definition) is 2. The molecule has 0 fully saturated rings. The van der Waals surface area contributed by atoms with E-state index in [2.05, 4.69) is 6.92 Å². The zero-order valence-electron chi connectivity index (χ0n) is 12.2. The van der Waals surface area contributed by atoms with Crippen LogP contribution in [0.3, 0.4) is 0 Å². The average Bonchev–Trinajstić information content (AvgIpc) is 2.46. The third kappa shape index (κ3) is 8.07. The Hall–Kier alpha value is -0.795. The molecule has 0 aliphatic carbocycles. The van der Waals surface area contributed by atoms with Gasteiger partial charge >= 0.3 is 7.12 Å². The summed E-state index contributed by atoms with van der Waals surface area (Å²) in [5.74, 6) is 0. The highest BCUT2D eigenvalue weighted by Gasteiger charge is 2.14. The van der Waals surface area contributed by atoms with Gasteiger partial charge in [-0.25, -0.2) is 0 Å². The van der Waals surface area contributed by atoms with E-state index in [4.69, 9.17) is 4.65 Å². The summed E-state index contributed by atoms with van der Waals surface area (Å²) >= 11 is 0. The molecular weight excluding hydrogens is 235 g/mol. The summed E-state index contributed by atoms with van der Waals surface area (Å²) in [5, 5.41) is 9.80. The second-order valence-corrected chi connectivity index (χ2v) is 5.11. The predicted octanol–water partition coefficient (Wildman–Crippen LogP) is 3.53. The molecule has 19 heavy (non-hydrogen) atoms. The van der Waals surface area contributed by atoms with Gasteiger partial charge in [-0.2, -0.15) is 0 Å². The van der Waals surface area contributed by atoms with Gasteiger partial charge in [0.15, 0.2) is 0 Å². The van der Waals surface area contributed by atoms with Gasteiger partial charge in [-0.15, -0.1) is 0 Å². The Morgan fingerprint density at radius 3 is 2.11 bits per heavy atom. The van der Waals surface area contributed by atoms with Crippen molar-refractivity contribution in [3.63, 3.8) is 0 Å². The molecule has 1 aromatic rings. The van der Waals surface area contributed by atoms with Gasteiger partial charge in [0.05, 0.1) is 0 Å². The van der Waals surface area contributed by atoms with E-state index in [1.165, 1.54) is 44.9 Å². The normalized spacial score (nSPS) is 10.6. The van der Waals surface area contributed by atoms with Crippen LogP contribution in [0.4, 0.5) is 0 Å². The quantitative estimate of drug-likeness (QED) is 0.488. The number of benzene rings is 1. The van der Waals surface area contributed by atoms with Crippen molar-refractivity contribution >= 4 is 12.6 Å². The Kier molecular flexibility index (Phi) is 9.47. The molecule has 0 unspecified atom stereocenters. The first kappa shape index (κ1) is 16.3. The fraction of sp³-hybridized carbons (Fsp3) is 0.625. The summed E-state index contributed by atoms with van der Waals surface area (Å²) in [6.07, 6.45) is 10.3. The average molecular weight is 262 g/mol. The second-order valence-electron chi connectivity index (χ2n) is 5.11. The summed E-state index contributed by atoms with van der Waals surface area (Å²) < 4.78 is 5.43. The van der Waals surface area contributed by atoms with Crippen LogP contribution in [0.2, 0.25) is 0 Å². The minimum Gasteiger partial charge on any atom is -0.423 e. The Labute approximate surface area is 118 Å². The van der Waals surface area contributed by atoms with Crippen LogP contribution in [0.25, 0.3) is 0 Å². The van der Waals surface area contributed by atoms with E-state index in [0.29, 0.717) is 6.61 Å². The maximum absolute atomic E-state index is 9.80. The smallest absolute Gasteiger partial charge is 0.423 e. The molecule has 0 saturated heterocycles. The van der Waals surface area contributed by atoms with Crippen LogP contribution in [-0.2, 0) is 4.65 Å². The summed E-state index contributed by atoms with van der Waals surface area (Å²) in [6, 6.07) is 9.54. The minimum absolute atomic E-state index is 0.644. The summed E-state index contributed by atoms with van der Waals surface area (Å²) in [4.78, 5) is 0. The molecule has 0 amide bonds. The lowest BCUT2D eigenvalue weighted by Crippen LogP contribution is -2.33. The maximum Gasteiger partial charge on any atom is 0.491 e. The fourth-order valence-electron chi connectivity index (χ4n) is 2.14. The van der Waals surface area contributed by atoms with E-state index in [1.54, 1.807) is 0 Å². The van der Waals surface area contributed by atoms with Gasteiger partial charge in [-0.05, 0) is 11.9 Å². The number of hydrogen-bond donors (Lipinski definition) is 1. The molecule has 0 atom stereocenters. The van der Waals surface area contributed by atoms with Crippen molar-refractivity contribution in [3.8, 4) is 0 Å². The molecule has 1 N–H and O–H groups in total. The van der Waals surface area contributed by atoms with Crippen LogP contribution >= 0.6 is 0 Å². The van der Waals surface area contributed by atoms with Crippen LogP contribution in [-0.4, -0.2) is 18.7 Å². The summed E-state index contributed by atoms with van der Waals surface area (Å²) in [5.41, 5.74) is 0.835. The van der Waals surface area contributed by atoms with E-state index in [0.717, 1.165) is 11.9 Å². The van der Waals surface area contributed by atoms with E-state index in [9.17, 15) is 5.02 Å². The van der Waals surface area contributed by atoms with Gasteiger partial charge in [0, 0.05) is 6.61 Å². The molecule has 0 aliphatic rings. The van der Waals surface area contributed by atoms with Crippen LogP contribution in [0.5, 0.6) is 0 Å². The molecule has 0 heterocycles. The van der Waals surface area contributed by atoms with Gasteiger partial charge < -0.3 is 9.68 Å². The lowest BCUT2D eigenvalue weighted by atomic mass is 9.80. The van der Waals surface area contributed by atoms with E-state index in [-0.39, 0.29) is 0 Å². The Balaban J connectivity index is 1.93. The minimum atomic E-state index is -0.772. The lowest BCUT2D eigenvalue weighted by Gasteiger charge is -2.08. The molecular formula is C16H27BO2. The van der Waals surface area contributed by atoms with E-state index >= 15 is 0 Å². The largest absolute Gasteiger partial charge is 0.491 e. The van der Waals surface area contributed by atoms with Gasteiger partial charge in [-0.1, -0.05) is 82.2 Å². The van der Waals surface area contributed by atoms with Crippen molar-refractivity contribution in [3.05, 3.63) is 30.3 Å². The molecule has 2 nitrogen and oxygen atoms in total. The third-order valence-electron chi connectivity index (χ3n) is 3.36. The molecule has 0 spiro atoms. The van der Waals surface area contributed by atoms with Gasteiger partial charge in [0.2, 0.25) is 0 Å². The number of unbranched alkanes of at least 4 members (excludes halogenated alkanes) is 7. The molecule has 3 heteroatoms.